The lowest BCUT2D eigenvalue weighted by atomic mass is 10.0. The number of hydrogen-bond acceptors (Lipinski definition) is 2. The highest BCUT2D eigenvalue weighted by atomic mass is 16.1. The number of anilines is 2. The van der Waals surface area contributed by atoms with E-state index in [1.54, 1.807) is 0 Å². The van der Waals surface area contributed by atoms with Gasteiger partial charge in [0.15, 0.2) is 0 Å². The Bertz CT molecular complexity index is 410. The summed E-state index contributed by atoms with van der Waals surface area (Å²) >= 11 is 0. The summed E-state index contributed by atoms with van der Waals surface area (Å²) in [6, 6.07) is 5.99. The van der Waals surface area contributed by atoms with Gasteiger partial charge in [-0.2, -0.15) is 0 Å². The molecule has 0 unspecified atom stereocenters. The number of para-hydroxylation sites is 1. The summed E-state index contributed by atoms with van der Waals surface area (Å²) in [6.45, 7) is 6.06. The van der Waals surface area contributed by atoms with Crippen molar-refractivity contribution in [3.8, 4) is 0 Å². The number of amides is 1. The molecule has 1 aliphatic heterocycles. The third-order valence-electron chi connectivity index (χ3n) is 2.61. The fourth-order valence-corrected chi connectivity index (χ4v) is 1.93. The van der Waals surface area contributed by atoms with Crippen molar-refractivity contribution in [2.45, 2.75) is 32.7 Å². The molecule has 0 radical (unpaired) electrons. The zero-order valence-electron chi connectivity index (χ0n) is 9.35. The molecule has 2 N–H and O–H groups in total. The number of hydrogen-bond donors (Lipinski definition) is 2. The minimum Gasteiger partial charge on any atom is -0.378 e. The molecule has 0 aromatic heterocycles. The van der Waals surface area contributed by atoms with Crippen LogP contribution in [0.5, 0.6) is 0 Å². The second kappa shape index (κ2) is 3.26. The molecule has 0 spiro atoms. The zero-order valence-corrected chi connectivity index (χ0v) is 9.35. The molecule has 2 rings (SSSR count). The van der Waals surface area contributed by atoms with Crippen LogP contribution in [0, 0.1) is 6.92 Å². The number of nitrogens with one attached hydrogen (secondary N) is 2. The highest BCUT2D eigenvalue weighted by Gasteiger charge is 2.27. The molecule has 0 atom stereocenters. The van der Waals surface area contributed by atoms with Crippen LogP contribution in [0.4, 0.5) is 11.4 Å². The topological polar surface area (TPSA) is 41.1 Å². The monoisotopic (exact) mass is 204 g/mol. The van der Waals surface area contributed by atoms with E-state index in [0.29, 0.717) is 6.42 Å². The van der Waals surface area contributed by atoms with Gasteiger partial charge in [0.25, 0.3) is 0 Å². The molecule has 0 bridgehead atoms. The van der Waals surface area contributed by atoms with Gasteiger partial charge >= 0.3 is 0 Å². The SMILES string of the molecule is Cc1cccc2c1NC(=O)CC(C)(C)N2. The van der Waals surface area contributed by atoms with Crippen molar-refractivity contribution in [2.75, 3.05) is 10.6 Å². The highest BCUT2D eigenvalue weighted by molar-refractivity contribution is 5.97. The summed E-state index contributed by atoms with van der Waals surface area (Å²) in [4.78, 5) is 11.7. The van der Waals surface area contributed by atoms with Crippen LogP contribution in [-0.4, -0.2) is 11.4 Å². The smallest absolute Gasteiger partial charge is 0.226 e. The average Bonchev–Trinajstić information content (AvgIpc) is 2.20. The van der Waals surface area contributed by atoms with Crippen molar-refractivity contribution in [1.82, 2.24) is 0 Å². The van der Waals surface area contributed by atoms with Crippen molar-refractivity contribution in [2.24, 2.45) is 0 Å². The lowest BCUT2D eigenvalue weighted by Gasteiger charge is -2.24. The van der Waals surface area contributed by atoms with Gasteiger partial charge in [0.1, 0.15) is 0 Å². The average molecular weight is 204 g/mol. The summed E-state index contributed by atoms with van der Waals surface area (Å²) in [5.41, 5.74) is 2.81. The number of aryl methyl sites for hydroxylation is 1. The van der Waals surface area contributed by atoms with E-state index in [9.17, 15) is 4.79 Å². The molecule has 0 aliphatic carbocycles. The maximum absolute atomic E-state index is 11.7. The third kappa shape index (κ3) is 1.96. The molecule has 80 valence electrons. The van der Waals surface area contributed by atoms with Crippen molar-refractivity contribution < 1.29 is 4.79 Å². The van der Waals surface area contributed by atoms with Crippen LogP contribution >= 0.6 is 0 Å². The zero-order chi connectivity index (χ0) is 11.1. The van der Waals surface area contributed by atoms with E-state index in [0.717, 1.165) is 16.9 Å². The second-order valence-electron chi connectivity index (χ2n) is 4.73. The van der Waals surface area contributed by atoms with Gasteiger partial charge in [0.2, 0.25) is 5.91 Å². The van der Waals surface area contributed by atoms with Gasteiger partial charge in [-0.25, -0.2) is 0 Å². The molecule has 1 aromatic carbocycles. The molecule has 0 saturated carbocycles. The predicted octanol–water partition coefficient (Wildman–Crippen LogP) is 2.53. The van der Waals surface area contributed by atoms with Gasteiger partial charge in [0, 0.05) is 12.0 Å². The summed E-state index contributed by atoms with van der Waals surface area (Å²) in [5.74, 6) is 0.0700. The van der Waals surface area contributed by atoms with Crippen LogP contribution < -0.4 is 10.6 Å². The maximum Gasteiger partial charge on any atom is 0.226 e. The number of benzene rings is 1. The van der Waals surface area contributed by atoms with Crippen LogP contribution in [0.15, 0.2) is 18.2 Å². The van der Waals surface area contributed by atoms with Gasteiger partial charge in [-0.05, 0) is 32.4 Å². The minimum atomic E-state index is -0.191. The molecular weight excluding hydrogens is 188 g/mol. The first kappa shape index (κ1) is 10.0. The van der Waals surface area contributed by atoms with Gasteiger partial charge in [-0.1, -0.05) is 12.1 Å². The molecular formula is C12H16N2O. The van der Waals surface area contributed by atoms with Crippen LogP contribution in [0.3, 0.4) is 0 Å². The molecule has 15 heavy (non-hydrogen) atoms. The first-order chi connectivity index (χ1) is 6.98. The van der Waals surface area contributed by atoms with E-state index < -0.39 is 0 Å². The van der Waals surface area contributed by atoms with Gasteiger partial charge in [-0.3, -0.25) is 4.79 Å². The van der Waals surface area contributed by atoms with Gasteiger partial charge < -0.3 is 10.6 Å². The van der Waals surface area contributed by atoms with E-state index in [2.05, 4.69) is 10.6 Å². The van der Waals surface area contributed by atoms with Crippen molar-refractivity contribution >= 4 is 17.3 Å². The molecule has 0 fully saturated rings. The quantitative estimate of drug-likeness (QED) is 0.681. The molecule has 1 aromatic rings. The molecule has 1 heterocycles. The van der Waals surface area contributed by atoms with E-state index in [4.69, 9.17) is 0 Å². The fraction of sp³-hybridized carbons (Fsp3) is 0.417. The summed E-state index contributed by atoms with van der Waals surface area (Å²) in [6.07, 6.45) is 0.487. The largest absolute Gasteiger partial charge is 0.378 e. The Morgan fingerprint density at radius 1 is 1.33 bits per heavy atom. The van der Waals surface area contributed by atoms with Crippen LogP contribution in [0.25, 0.3) is 0 Å². The normalized spacial score (nSPS) is 18.5. The van der Waals surface area contributed by atoms with Crippen LogP contribution in [0.2, 0.25) is 0 Å². The molecule has 0 saturated heterocycles. The Morgan fingerprint density at radius 3 is 2.80 bits per heavy atom. The lowest BCUT2D eigenvalue weighted by Crippen LogP contribution is -2.32. The fourth-order valence-electron chi connectivity index (χ4n) is 1.93. The first-order valence-corrected chi connectivity index (χ1v) is 5.16. The minimum absolute atomic E-state index is 0.0700. The maximum atomic E-state index is 11.7. The van der Waals surface area contributed by atoms with Crippen molar-refractivity contribution in [1.29, 1.82) is 0 Å². The number of carbonyl (C=O) groups is 1. The summed E-state index contributed by atoms with van der Waals surface area (Å²) in [5, 5.41) is 6.33. The molecule has 1 amide bonds. The van der Waals surface area contributed by atoms with E-state index in [1.165, 1.54) is 0 Å². The van der Waals surface area contributed by atoms with Gasteiger partial charge in [-0.15, -0.1) is 0 Å². The Kier molecular flexibility index (Phi) is 2.18. The third-order valence-corrected chi connectivity index (χ3v) is 2.61. The predicted molar refractivity (Wildman–Crippen MR) is 62.1 cm³/mol. The molecule has 3 heteroatoms. The lowest BCUT2D eigenvalue weighted by molar-refractivity contribution is -0.116. The first-order valence-electron chi connectivity index (χ1n) is 5.16. The summed E-state index contributed by atoms with van der Waals surface area (Å²) in [7, 11) is 0. The molecule has 3 nitrogen and oxygen atoms in total. The second-order valence-corrected chi connectivity index (χ2v) is 4.73. The molecule has 1 aliphatic rings. The standard InChI is InChI=1S/C12H16N2O/c1-8-5-4-6-9-11(8)13-10(15)7-12(2,3)14-9/h4-6,14H,7H2,1-3H3,(H,13,15). The Balaban J connectivity index is 2.50. The van der Waals surface area contributed by atoms with Crippen LogP contribution in [0.1, 0.15) is 25.8 Å². The van der Waals surface area contributed by atoms with E-state index >= 15 is 0 Å². The number of carbonyl (C=O) groups excluding carboxylic acids is 1. The van der Waals surface area contributed by atoms with Crippen LogP contribution in [-0.2, 0) is 4.79 Å². The number of rotatable bonds is 0. The van der Waals surface area contributed by atoms with Gasteiger partial charge in [0.05, 0.1) is 11.4 Å². The van der Waals surface area contributed by atoms with E-state index in [1.807, 2.05) is 39.0 Å². The van der Waals surface area contributed by atoms with Crippen molar-refractivity contribution in [3.05, 3.63) is 23.8 Å². The Morgan fingerprint density at radius 2 is 2.07 bits per heavy atom. The Hall–Kier alpha value is -1.51. The van der Waals surface area contributed by atoms with E-state index in [-0.39, 0.29) is 11.4 Å². The summed E-state index contributed by atoms with van der Waals surface area (Å²) < 4.78 is 0. The highest BCUT2D eigenvalue weighted by Crippen LogP contribution is 2.32. The number of fused-ring (bicyclic) bond motifs is 1. The van der Waals surface area contributed by atoms with Crippen molar-refractivity contribution in [3.63, 3.8) is 0 Å². The Labute approximate surface area is 89.9 Å².